The van der Waals surface area contributed by atoms with Crippen LogP contribution in [0.2, 0.25) is 0 Å². The molecule has 9 heteroatoms. The van der Waals surface area contributed by atoms with Crippen molar-refractivity contribution in [3.8, 4) is 0 Å². The van der Waals surface area contributed by atoms with E-state index in [0.29, 0.717) is 62.3 Å². The van der Waals surface area contributed by atoms with E-state index in [2.05, 4.69) is 9.97 Å². The minimum absolute atomic E-state index is 0.0825. The van der Waals surface area contributed by atoms with Crippen molar-refractivity contribution in [3.63, 3.8) is 0 Å². The molecule has 3 fully saturated rings. The fourth-order valence-corrected chi connectivity index (χ4v) is 5.34. The Morgan fingerprint density at radius 2 is 1.97 bits per heavy atom. The van der Waals surface area contributed by atoms with E-state index in [0.717, 1.165) is 25.7 Å². The van der Waals surface area contributed by atoms with Crippen LogP contribution in [0.15, 0.2) is 4.79 Å². The fraction of sp³-hybridized carbons (Fsp3) is 0.727. The minimum atomic E-state index is -0.508. The SMILES string of the molecule is COC(=O)C1CC2CCCCC2N1C(=O)CCc1c(C)nc(N2CCOCC2)[nH]c1=O. The number of rotatable bonds is 5. The molecule has 1 N–H and O–H groups in total. The standard InChI is InChI=1S/C22H32N4O5/c1-14-16(20(28)24-22(23-14)25-9-11-31-12-10-25)7-8-19(27)26-17-6-4-3-5-15(17)13-18(26)21(29)30-2/h15,17-18H,3-13H2,1-2H3,(H,23,24,28). The summed E-state index contributed by atoms with van der Waals surface area (Å²) in [5, 5.41) is 0. The number of aryl methyl sites for hydroxylation is 1. The lowest BCUT2D eigenvalue weighted by Gasteiger charge is -2.33. The van der Waals surface area contributed by atoms with Crippen molar-refractivity contribution in [2.45, 2.75) is 64.0 Å². The Kier molecular flexibility index (Phi) is 6.60. The number of nitrogens with one attached hydrogen (secondary N) is 1. The second-order valence-corrected chi connectivity index (χ2v) is 8.74. The lowest BCUT2D eigenvalue weighted by atomic mass is 9.84. The van der Waals surface area contributed by atoms with Crippen LogP contribution >= 0.6 is 0 Å². The van der Waals surface area contributed by atoms with Crippen LogP contribution in [-0.2, 0) is 25.5 Å². The highest BCUT2D eigenvalue weighted by Crippen LogP contribution is 2.40. The molecule has 2 aliphatic heterocycles. The monoisotopic (exact) mass is 432 g/mol. The average Bonchev–Trinajstić information content (AvgIpc) is 3.18. The number of morpholine rings is 1. The summed E-state index contributed by atoms with van der Waals surface area (Å²) in [6, 6.07) is -0.404. The van der Waals surface area contributed by atoms with Gasteiger partial charge in [0.15, 0.2) is 0 Å². The number of aromatic nitrogens is 2. The van der Waals surface area contributed by atoms with Gasteiger partial charge in [-0.15, -0.1) is 0 Å². The van der Waals surface area contributed by atoms with Crippen LogP contribution in [0.5, 0.6) is 0 Å². The van der Waals surface area contributed by atoms with Crippen molar-refractivity contribution in [2.75, 3.05) is 38.3 Å². The Hall–Kier alpha value is -2.42. The molecule has 0 spiro atoms. The predicted molar refractivity (Wildman–Crippen MR) is 114 cm³/mol. The third kappa shape index (κ3) is 4.46. The van der Waals surface area contributed by atoms with Crippen LogP contribution in [-0.4, -0.2) is 72.2 Å². The third-order valence-corrected chi connectivity index (χ3v) is 6.96. The lowest BCUT2D eigenvalue weighted by molar-refractivity contribution is -0.152. The number of amides is 1. The Balaban J connectivity index is 1.47. The number of likely N-dealkylation sites (tertiary alicyclic amines) is 1. The summed E-state index contributed by atoms with van der Waals surface area (Å²) in [5.41, 5.74) is 0.960. The van der Waals surface area contributed by atoms with Gasteiger partial charge in [0.2, 0.25) is 11.9 Å². The number of hydrogen-bond acceptors (Lipinski definition) is 7. The van der Waals surface area contributed by atoms with Crippen LogP contribution in [0, 0.1) is 12.8 Å². The molecule has 3 heterocycles. The highest BCUT2D eigenvalue weighted by atomic mass is 16.5. The zero-order chi connectivity index (χ0) is 22.0. The number of anilines is 1. The molecule has 31 heavy (non-hydrogen) atoms. The van der Waals surface area contributed by atoms with Crippen LogP contribution in [0.4, 0.5) is 5.95 Å². The summed E-state index contributed by atoms with van der Waals surface area (Å²) in [6.07, 6.45) is 5.36. The predicted octanol–water partition coefficient (Wildman–Crippen LogP) is 1.18. The van der Waals surface area contributed by atoms with Crippen molar-refractivity contribution >= 4 is 17.8 Å². The van der Waals surface area contributed by atoms with Crippen molar-refractivity contribution in [3.05, 3.63) is 21.6 Å². The van der Waals surface area contributed by atoms with Gasteiger partial charge < -0.3 is 19.3 Å². The van der Waals surface area contributed by atoms with Gasteiger partial charge in [-0.05, 0) is 38.5 Å². The quantitative estimate of drug-likeness (QED) is 0.697. The van der Waals surface area contributed by atoms with Crippen molar-refractivity contribution in [1.82, 2.24) is 14.9 Å². The lowest BCUT2D eigenvalue weighted by Crippen LogP contribution is -2.46. The molecule has 3 aliphatic rings. The Morgan fingerprint density at radius 1 is 1.23 bits per heavy atom. The maximum absolute atomic E-state index is 13.2. The first kappa shape index (κ1) is 21.8. The summed E-state index contributed by atoms with van der Waals surface area (Å²) in [5.74, 6) is 0.492. The summed E-state index contributed by atoms with van der Waals surface area (Å²) < 4.78 is 10.3. The van der Waals surface area contributed by atoms with E-state index in [-0.39, 0.29) is 29.9 Å². The van der Waals surface area contributed by atoms with Crippen molar-refractivity contribution in [1.29, 1.82) is 0 Å². The highest BCUT2D eigenvalue weighted by Gasteiger charge is 2.47. The molecule has 1 aromatic rings. The molecule has 0 bridgehead atoms. The zero-order valence-electron chi connectivity index (χ0n) is 18.4. The average molecular weight is 433 g/mol. The number of carbonyl (C=O) groups excluding carboxylic acids is 2. The fourth-order valence-electron chi connectivity index (χ4n) is 5.34. The maximum Gasteiger partial charge on any atom is 0.328 e. The topological polar surface area (TPSA) is 105 Å². The normalized spacial score (nSPS) is 25.9. The third-order valence-electron chi connectivity index (χ3n) is 6.96. The zero-order valence-corrected chi connectivity index (χ0v) is 18.4. The first-order valence-electron chi connectivity index (χ1n) is 11.3. The van der Waals surface area contributed by atoms with Gasteiger partial charge in [0.25, 0.3) is 5.56 Å². The smallest absolute Gasteiger partial charge is 0.328 e. The molecule has 3 atom stereocenters. The molecule has 3 unspecified atom stereocenters. The van der Waals surface area contributed by atoms with Gasteiger partial charge in [0.05, 0.1) is 20.3 Å². The van der Waals surface area contributed by atoms with Gasteiger partial charge in [-0.1, -0.05) is 12.8 Å². The summed E-state index contributed by atoms with van der Waals surface area (Å²) in [4.78, 5) is 49.5. The summed E-state index contributed by atoms with van der Waals surface area (Å²) in [7, 11) is 1.37. The van der Waals surface area contributed by atoms with E-state index in [4.69, 9.17) is 9.47 Å². The molecule has 1 saturated carbocycles. The summed E-state index contributed by atoms with van der Waals surface area (Å²) >= 11 is 0. The number of ether oxygens (including phenoxy) is 2. The second kappa shape index (κ2) is 9.38. The second-order valence-electron chi connectivity index (χ2n) is 8.74. The highest BCUT2D eigenvalue weighted by molar-refractivity contribution is 5.85. The number of carbonyl (C=O) groups is 2. The number of H-pyrrole nitrogens is 1. The number of fused-ring (bicyclic) bond motifs is 1. The Bertz CT molecular complexity index is 879. The van der Waals surface area contributed by atoms with Gasteiger partial charge >= 0.3 is 5.97 Å². The van der Waals surface area contributed by atoms with E-state index in [1.165, 1.54) is 7.11 Å². The van der Waals surface area contributed by atoms with Crippen LogP contribution in [0.1, 0.15) is 49.8 Å². The molecule has 2 saturated heterocycles. The number of methoxy groups -OCH3 is 1. The number of nitrogens with zero attached hydrogens (tertiary/aromatic N) is 3. The number of esters is 1. The van der Waals surface area contributed by atoms with Gasteiger partial charge in [-0.25, -0.2) is 9.78 Å². The molecule has 9 nitrogen and oxygen atoms in total. The molecular formula is C22H32N4O5. The van der Waals surface area contributed by atoms with E-state index in [9.17, 15) is 14.4 Å². The van der Waals surface area contributed by atoms with Gasteiger partial charge in [0.1, 0.15) is 6.04 Å². The Labute approximate surface area is 182 Å². The maximum atomic E-state index is 13.2. The number of hydrogen-bond donors (Lipinski definition) is 1. The van der Waals surface area contributed by atoms with E-state index >= 15 is 0 Å². The van der Waals surface area contributed by atoms with Gasteiger partial charge in [0, 0.05) is 36.8 Å². The number of aromatic amines is 1. The first-order chi connectivity index (χ1) is 15.0. The first-order valence-corrected chi connectivity index (χ1v) is 11.3. The van der Waals surface area contributed by atoms with Crippen LogP contribution in [0.3, 0.4) is 0 Å². The molecule has 1 aliphatic carbocycles. The molecule has 1 amide bonds. The molecule has 0 aromatic carbocycles. The Morgan fingerprint density at radius 3 is 2.68 bits per heavy atom. The van der Waals surface area contributed by atoms with Gasteiger partial charge in [-0.2, -0.15) is 0 Å². The van der Waals surface area contributed by atoms with Crippen molar-refractivity contribution in [2.24, 2.45) is 5.92 Å². The molecular weight excluding hydrogens is 400 g/mol. The summed E-state index contributed by atoms with van der Waals surface area (Å²) in [6.45, 7) is 4.40. The van der Waals surface area contributed by atoms with Crippen LogP contribution in [0.25, 0.3) is 0 Å². The molecule has 170 valence electrons. The van der Waals surface area contributed by atoms with Crippen LogP contribution < -0.4 is 10.5 Å². The van der Waals surface area contributed by atoms with Crippen molar-refractivity contribution < 1.29 is 19.1 Å². The molecule has 0 radical (unpaired) electrons. The van der Waals surface area contributed by atoms with E-state index in [1.807, 2.05) is 11.8 Å². The van der Waals surface area contributed by atoms with E-state index < -0.39 is 6.04 Å². The molecule has 4 rings (SSSR count). The van der Waals surface area contributed by atoms with E-state index in [1.54, 1.807) is 4.90 Å². The minimum Gasteiger partial charge on any atom is -0.467 e. The van der Waals surface area contributed by atoms with Gasteiger partial charge in [-0.3, -0.25) is 14.6 Å². The largest absolute Gasteiger partial charge is 0.467 e. The molecule has 1 aromatic heterocycles.